The summed E-state index contributed by atoms with van der Waals surface area (Å²) in [6.07, 6.45) is 5.48. The lowest BCUT2D eigenvalue weighted by atomic mass is 9.98. The number of rotatable bonds is 5. The Morgan fingerprint density at radius 1 is 0.380 bits per heavy atom. The fourth-order valence-electron chi connectivity index (χ4n) is 7.33. The number of para-hydroxylation sites is 2. The molecule has 6 aromatic heterocycles. The molecule has 0 spiro atoms. The van der Waals surface area contributed by atoms with Gasteiger partial charge in [-0.05, 0) is 96.1 Å². The fraction of sp³-hybridized carbons (Fsp3) is 0. The van der Waals surface area contributed by atoms with Gasteiger partial charge >= 0.3 is 0 Å². The number of hydrogen-bond donors (Lipinski definition) is 0. The van der Waals surface area contributed by atoms with E-state index < -0.39 is 0 Å². The highest BCUT2D eigenvalue weighted by molar-refractivity contribution is 6.17. The lowest BCUT2D eigenvalue weighted by molar-refractivity contribution is 1.14. The molecule has 6 heteroatoms. The SMILES string of the molecule is c1ccc(-n2c3ccc(-c4cccc5c4c4ccccc4n5-c4cc(-c5ccccn5)nc(-c5ccccn5)c4)cc3c3cccnc32)cc1. The highest BCUT2D eigenvalue weighted by Crippen LogP contribution is 2.41. The molecule has 0 amide bonds. The van der Waals surface area contributed by atoms with Crippen LogP contribution < -0.4 is 0 Å². The molecule has 6 heterocycles. The molecule has 0 aliphatic carbocycles. The third kappa shape index (κ3) is 4.43. The van der Waals surface area contributed by atoms with E-state index in [-0.39, 0.29) is 0 Å². The summed E-state index contributed by atoms with van der Waals surface area (Å²) in [7, 11) is 0. The Labute approximate surface area is 287 Å². The molecule has 10 aromatic rings. The van der Waals surface area contributed by atoms with Gasteiger partial charge < -0.3 is 4.57 Å². The van der Waals surface area contributed by atoms with Gasteiger partial charge in [-0.3, -0.25) is 14.5 Å². The first kappa shape index (κ1) is 28.1. The Morgan fingerprint density at radius 2 is 1.04 bits per heavy atom. The predicted molar refractivity (Wildman–Crippen MR) is 203 cm³/mol. The lowest BCUT2D eigenvalue weighted by Gasteiger charge is -2.13. The van der Waals surface area contributed by atoms with E-state index in [1.807, 2.05) is 54.7 Å². The molecule has 234 valence electrons. The number of aromatic nitrogens is 6. The smallest absolute Gasteiger partial charge is 0.145 e. The summed E-state index contributed by atoms with van der Waals surface area (Å²) in [6.45, 7) is 0. The van der Waals surface area contributed by atoms with Crippen molar-refractivity contribution in [1.29, 1.82) is 0 Å². The van der Waals surface area contributed by atoms with Crippen molar-refractivity contribution in [3.63, 3.8) is 0 Å². The molecule has 0 N–H and O–H groups in total. The van der Waals surface area contributed by atoms with Gasteiger partial charge in [-0.25, -0.2) is 9.97 Å². The fourth-order valence-corrected chi connectivity index (χ4v) is 7.33. The zero-order valence-corrected chi connectivity index (χ0v) is 26.8. The van der Waals surface area contributed by atoms with Crippen molar-refractivity contribution in [2.24, 2.45) is 0 Å². The maximum Gasteiger partial charge on any atom is 0.145 e. The molecule has 0 saturated heterocycles. The Kier molecular flexibility index (Phi) is 6.39. The van der Waals surface area contributed by atoms with Gasteiger partial charge in [0.2, 0.25) is 0 Å². The summed E-state index contributed by atoms with van der Waals surface area (Å²) in [5, 5.41) is 4.68. The van der Waals surface area contributed by atoms with E-state index in [2.05, 4.69) is 122 Å². The molecule has 50 heavy (non-hydrogen) atoms. The summed E-state index contributed by atoms with van der Waals surface area (Å²) >= 11 is 0. The Balaban J connectivity index is 1.23. The van der Waals surface area contributed by atoms with Crippen molar-refractivity contribution in [2.45, 2.75) is 0 Å². The van der Waals surface area contributed by atoms with Gasteiger partial charge in [0.05, 0.1) is 45.0 Å². The van der Waals surface area contributed by atoms with Crippen LogP contribution in [0.2, 0.25) is 0 Å². The van der Waals surface area contributed by atoms with E-state index >= 15 is 0 Å². The number of fused-ring (bicyclic) bond motifs is 6. The third-order valence-corrected chi connectivity index (χ3v) is 9.47. The Bertz CT molecular complexity index is 2800. The lowest BCUT2D eigenvalue weighted by Crippen LogP contribution is -1.99. The maximum atomic E-state index is 5.04. The molecule has 0 radical (unpaired) electrons. The van der Waals surface area contributed by atoms with Gasteiger partial charge in [-0.2, -0.15) is 0 Å². The largest absolute Gasteiger partial charge is 0.309 e. The molecule has 4 aromatic carbocycles. The zero-order valence-electron chi connectivity index (χ0n) is 26.8. The van der Waals surface area contributed by atoms with Gasteiger partial charge in [0.25, 0.3) is 0 Å². The molecule has 0 atom stereocenters. The summed E-state index contributed by atoms with van der Waals surface area (Å²) in [6, 6.07) is 52.8. The molecule has 0 fully saturated rings. The van der Waals surface area contributed by atoms with Crippen molar-refractivity contribution < 1.29 is 0 Å². The van der Waals surface area contributed by atoms with Gasteiger partial charge in [-0.15, -0.1) is 0 Å². The summed E-state index contributed by atoms with van der Waals surface area (Å²) in [5.74, 6) is 0. The minimum absolute atomic E-state index is 0.791. The van der Waals surface area contributed by atoms with Crippen LogP contribution in [-0.4, -0.2) is 29.1 Å². The average Bonchev–Trinajstić information content (AvgIpc) is 3.71. The van der Waals surface area contributed by atoms with Crippen molar-refractivity contribution in [3.8, 4) is 45.3 Å². The zero-order chi connectivity index (χ0) is 33.0. The van der Waals surface area contributed by atoms with E-state index in [4.69, 9.17) is 9.97 Å². The van der Waals surface area contributed by atoms with Gasteiger partial charge in [0, 0.05) is 45.8 Å². The molecule has 10 rings (SSSR count). The molecule has 0 bridgehead atoms. The minimum Gasteiger partial charge on any atom is -0.309 e. The van der Waals surface area contributed by atoms with Crippen LogP contribution in [0.3, 0.4) is 0 Å². The van der Waals surface area contributed by atoms with Crippen LogP contribution in [0.1, 0.15) is 0 Å². The molecular formula is C44H28N6. The number of hydrogen-bond acceptors (Lipinski definition) is 4. The van der Waals surface area contributed by atoms with Gasteiger partial charge in [0.15, 0.2) is 0 Å². The van der Waals surface area contributed by atoms with Crippen LogP contribution in [0, 0.1) is 0 Å². The highest BCUT2D eigenvalue weighted by Gasteiger charge is 2.20. The van der Waals surface area contributed by atoms with Crippen molar-refractivity contribution in [2.75, 3.05) is 0 Å². The van der Waals surface area contributed by atoms with Crippen LogP contribution in [-0.2, 0) is 0 Å². The summed E-state index contributed by atoms with van der Waals surface area (Å²) < 4.78 is 4.60. The Morgan fingerprint density at radius 3 is 1.80 bits per heavy atom. The topological polar surface area (TPSA) is 61.4 Å². The number of benzene rings is 4. The van der Waals surface area contributed by atoms with E-state index in [1.54, 1.807) is 12.4 Å². The Hall–Kier alpha value is -6.92. The first-order valence-electron chi connectivity index (χ1n) is 16.6. The quantitative estimate of drug-likeness (QED) is 0.188. The van der Waals surface area contributed by atoms with E-state index in [0.717, 1.165) is 67.3 Å². The summed E-state index contributed by atoms with van der Waals surface area (Å²) in [4.78, 5) is 19.2. The van der Waals surface area contributed by atoms with Crippen molar-refractivity contribution in [3.05, 3.63) is 170 Å². The van der Waals surface area contributed by atoms with Crippen LogP contribution in [0.15, 0.2) is 170 Å². The van der Waals surface area contributed by atoms with Crippen LogP contribution in [0.4, 0.5) is 0 Å². The molecule has 0 saturated carbocycles. The van der Waals surface area contributed by atoms with Crippen LogP contribution >= 0.6 is 0 Å². The monoisotopic (exact) mass is 640 g/mol. The minimum atomic E-state index is 0.791. The molecule has 6 nitrogen and oxygen atoms in total. The predicted octanol–water partition coefficient (Wildman–Crippen LogP) is 10.5. The summed E-state index contributed by atoms with van der Waals surface area (Å²) in [5.41, 5.74) is 11.9. The molecular weight excluding hydrogens is 613 g/mol. The van der Waals surface area contributed by atoms with Gasteiger partial charge in [-0.1, -0.05) is 66.7 Å². The van der Waals surface area contributed by atoms with Crippen molar-refractivity contribution in [1.82, 2.24) is 29.1 Å². The number of nitrogens with zero attached hydrogens (tertiary/aromatic N) is 6. The average molecular weight is 641 g/mol. The second kappa shape index (κ2) is 11.4. The highest BCUT2D eigenvalue weighted by atomic mass is 15.0. The second-order valence-electron chi connectivity index (χ2n) is 12.4. The van der Waals surface area contributed by atoms with Crippen LogP contribution in [0.25, 0.3) is 89.0 Å². The molecule has 0 aliphatic heterocycles. The molecule has 0 aliphatic rings. The first-order valence-corrected chi connectivity index (χ1v) is 16.6. The van der Waals surface area contributed by atoms with Gasteiger partial charge in [0.1, 0.15) is 5.65 Å². The normalized spacial score (nSPS) is 11.6. The van der Waals surface area contributed by atoms with E-state index in [9.17, 15) is 0 Å². The van der Waals surface area contributed by atoms with E-state index in [1.165, 1.54) is 21.7 Å². The number of pyridine rings is 4. The standard InChI is InChI=1S/C44H28N6/c1-2-12-30(13-3-1)50-41-22-21-29(26-35(41)33-16-11-25-47-44(33)50)32-15-10-20-42-43(32)34-14-4-5-19-40(34)49(42)31-27-38(36-17-6-8-23-45-36)48-39(28-31)37-18-7-9-24-46-37/h1-28H. The van der Waals surface area contributed by atoms with Crippen LogP contribution in [0.5, 0.6) is 0 Å². The first-order chi connectivity index (χ1) is 24.8. The third-order valence-electron chi connectivity index (χ3n) is 9.47. The molecule has 0 unspecified atom stereocenters. The second-order valence-corrected chi connectivity index (χ2v) is 12.4. The maximum absolute atomic E-state index is 5.04. The van der Waals surface area contributed by atoms with E-state index in [0.29, 0.717) is 0 Å². The van der Waals surface area contributed by atoms with Crippen molar-refractivity contribution >= 4 is 43.7 Å².